The van der Waals surface area contributed by atoms with E-state index in [4.69, 9.17) is 25.9 Å². The van der Waals surface area contributed by atoms with Gasteiger partial charge in [0.15, 0.2) is 0 Å². The maximum Gasteiger partial charge on any atom is 0.260 e. The van der Waals surface area contributed by atoms with Gasteiger partial charge in [0, 0.05) is 24.5 Å². The van der Waals surface area contributed by atoms with Crippen molar-refractivity contribution in [3.63, 3.8) is 0 Å². The van der Waals surface area contributed by atoms with Crippen molar-refractivity contribution >= 4 is 23.2 Å². The molecule has 2 aliphatic rings. The predicted molar refractivity (Wildman–Crippen MR) is 112 cm³/mol. The Kier molecular flexibility index (Phi) is 5.76. The number of furan rings is 1. The minimum atomic E-state index is -0.297. The van der Waals surface area contributed by atoms with Crippen molar-refractivity contribution in [3.05, 3.63) is 59.0 Å². The minimum absolute atomic E-state index is 0.0309. The molecular weight excluding hydrogens is 390 g/mol. The topological polar surface area (TPSA) is 58.3 Å². The number of hydrogen-bond donors (Lipinski definition) is 0. The van der Waals surface area contributed by atoms with Crippen molar-refractivity contribution in [1.82, 2.24) is 9.91 Å². The molecule has 7 heteroatoms. The highest BCUT2D eigenvalue weighted by Gasteiger charge is 2.39. The second-order valence-electron chi connectivity index (χ2n) is 7.86. The first-order chi connectivity index (χ1) is 13.9. The molecule has 1 amide bonds. The van der Waals surface area contributed by atoms with Crippen LogP contribution in [0.5, 0.6) is 0 Å². The van der Waals surface area contributed by atoms with Gasteiger partial charge >= 0.3 is 0 Å². The van der Waals surface area contributed by atoms with E-state index in [1.165, 1.54) is 0 Å². The molecule has 29 heavy (non-hydrogen) atoms. The number of nitrogens with zero attached hydrogens (tertiary/aromatic N) is 3. The van der Waals surface area contributed by atoms with Crippen molar-refractivity contribution < 1.29 is 13.9 Å². The number of benzene rings is 1. The van der Waals surface area contributed by atoms with E-state index in [-0.39, 0.29) is 30.2 Å². The molecule has 1 saturated heterocycles. The molecule has 0 aliphatic carbocycles. The number of carbonyl (C=O) groups excluding carboxylic acids is 1. The molecule has 1 aromatic heterocycles. The van der Waals surface area contributed by atoms with Crippen LogP contribution in [0.15, 0.2) is 52.2 Å². The lowest BCUT2D eigenvalue weighted by Crippen LogP contribution is -2.54. The zero-order chi connectivity index (χ0) is 20.5. The van der Waals surface area contributed by atoms with Crippen LogP contribution in [-0.2, 0) is 9.53 Å². The van der Waals surface area contributed by atoms with E-state index in [0.29, 0.717) is 11.4 Å². The zero-order valence-electron chi connectivity index (χ0n) is 16.9. The van der Waals surface area contributed by atoms with Gasteiger partial charge in [-0.15, -0.1) is 0 Å². The second kappa shape index (κ2) is 8.30. The van der Waals surface area contributed by atoms with Crippen LogP contribution in [0.3, 0.4) is 0 Å². The average Bonchev–Trinajstić information content (AvgIpc) is 3.36. The lowest BCUT2D eigenvalue weighted by atomic mass is 10.0. The summed E-state index contributed by atoms with van der Waals surface area (Å²) in [4.78, 5) is 15.6. The standard InChI is InChI=1S/C22H26ClN3O3/c1-14-12-25(13-15(2)29-14)16(3)22(27)26-20(21-5-4-10-28-21)11-19(24-26)17-6-8-18(23)9-7-17/h4-10,14-16,20H,11-13H2,1-3H3/t14-,15-,16+,20+/m1/s1. The maximum atomic E-state index is 13.5. The Morgan fingerprint density at radius 3 is 2.48 bits per heavy atom. The van der Waals surface area contributed by atoms with Gasteiger partial charge in [-0.1, -0.05) is 23.7 Å². The van der Waals surface area contributed by atoms with Gasteiger partial charge in [-0.25, -0.2) is 5.01 Å². The highest BCUT2D eigenvalue weighted by atomic mass is 35.5. The zero-order valence-corrected chi connectivity index (χ0v) is 17.7. The summed E-state index contributed by atoms with van der Waals surface area (Å²) >= 11 is 6.02. The Bertz CT molecular complexity index is 871. The molecule has 2 aliphatic heterocycles. The SMILES string of the molecule is C[C@@H]1CN([C@@H](C)C(=O)N2N=C(c3ccc(Cl)cc3)C[C@H]2c2ccco2)C[C@@H](C)O1. The quantitative estimate of drug-likeness (QED) is 0.754. The van der Waals surface area contributed by atoms with Gasteiger partial charge in [-0.2, -0.15) is 5.10 Å². The lowest BCUT2D eigenvalue weighted by molar-refractivity contribution is -0.144. The third-order valence-electron chi connectivity index (χ3n) is 5.54. The number of ether oxygens (including phenoxy) is 1. The first-order valence-electron chi connectivity index (χ1n) is 10.0. The first-order valence-corrected chi connectivity index (χ1v) is 10.4. The van der Waals surface area contributed by atoms with Crippen LogP contribution in [0.1, 0.15) is 44.6 Å². The number of hydrogen-bond acceptors (Lipinski definition) is 5. The third kappa shape index (κ3) is 4.25. The smallest absolute Gasteiger partial charge is 0.260 e. The van der Waals surface area contributed by atoms with E-state index in [1.54, 1.807) is 11.3 Å². The van der Waals surface area contributed by atoms with E-state index in [1.807, 2.05) is 57.2 Å². The fraction of sp³-hybridized carbons (Fsp3) is 0.455. The van der Waals surface area contributed by atoms with Crippen molar-refractivity contribution in [2.24, 2.45) is 5.10 Å². The van der Waals surface area contributed by atoms with E-state index in [2.05, 4.69) is 4.90 Å². The molecule has 2 aromatic rings. The van der Waals surface area contributed by atoms with E-state index in [9.17, 15) is 4.79 Å². The Morgan fingerprint density at radius 2 is 1.86 bits per heavy atom. The first kappa shape index (κ1) is 20.1. The van der Waals surface area contributed by atoms with E-state index < -0.39 is 0 Å². The Labute approximate surface area is 176 Å². The molecule has 6 nitrogen and oxygen atoms in total. The summed E-state index contributed by atoms with van der Waals surface area (Å²) < 4.78 is 11.5. The summed E-state index contributed by atoms with van der Waals surface area (Å²) in [5, 5.41) is 6.99. The van der Waals surface area contributed by atoms with E-state index in [0.717, 1.165) is 30.1 Å². The van der Waals surface area contributed by atoms with Gasteiger partial charge < -0.3 is 9.15 Å². The second-order valence-corrected chi connectivity index (χ2v) is 8.30. The monoisotopic (exact) mass is 415 g/mol. The molecule has 3 heterocycles. The Hall–Kier alpha value is -2.15. The number of hydrazone groups is 1. The third-order valence-corrected chi connectivity index (χ3v) is 5.79. The van der Waals surface area contributed by atoms with Gasteiger partial charge in [0.05, 0.1) is 30.2 Å². The minimum Gasteiger partial charge on any atom is -0.467 e. The fourth-order valence-corrected chi connectivity index (χ4v) is 4.24. The number of halogens is 1. The molecule has 0 unspecified atom stereocenters. The largest absolute Gasteiger partial charge is 0.467 e. The fourth-order valence-electron chi connectivity index (χ4n) is 4.11. The normalized spacial score (nSPS) is 26.4. The van der Waals surface area contributed by atoms with Gasteiger partial charge in [0.2, 0.25) is 0 Å². The number of carbonyl (C=O) groups is 1. The van der Waals surface area contributed by atoms with E-state index >= 15 is 0 Å². The number of amides is 1. The molecule has 0 spiro atoms. The van der Waals surface area contributed by atoms with Crippen LogP contribution in [0.4, 0.5) is 0 Å². The average molecular weight is 416 g/mol. The molecule has 1 aromatic carbocycles. The van der Waals surface area contributed by atoms with Gasteiger partial charge in [-0.3, -0.25) is 9.69 Å². The molecule has 154 valence electrons. The summed E-state index contributed by atoms with van der Waals surface area (Å²) in [6.07, 6.45) is 2.43. The molecule has 0 saturated carbocycles. The highest BCUT2D eigenvalue weighted by molar-refractivity contribution is 6.30. The molecule has 0 radical (unpaired) electrons. The lowest BCUT2D eigenvalue weighted by Gasteiger charge is -2.39. The Balaban J connectivity index is 1.60. The molecule has 4 atom stereocenters. The van der Waals surface area contributed by atoms with Crippen molar-refractivity contribution in [1.29, 1.82) is 0 Å². The highest BCUT2D eigenvalue weighted by Crippen LogP contribution is 2.34. The molecule has 0 N–H and O–H groups in total. The van der Waals surface area contributed by atoms with Crippen molar-refractivity contribution in [2.75, 3.05) is 13.1 Å². The molecular formula is C22H26ClN3O3. The summed E-state index contributed by atoms with van der Waals surface area (Å²) in [6.45, 7) is 7.48. The Morgan fingerprint density at radius 1 is 1.17 bits per heavy atom. The summed E-state index contributed by atoms with van der Waals surface area (Å²) in [5.74, 6) is 0.707. The van der Waals surface area contributed by atoms with Crippen LogP contribution in [0, 0.1) is 0 Å². The molecule has 4 rings (SSSR count). The summed E-state index contributed by atoms with van der Waals surface area (Å²) in [6, 6.07) is 10.7. The van der Waals surface area contributed by atoms with Crippen LogP contribution in [-0.4, -0.2) is 52.9 Å². The van der Waals surface area contributed by atoms with Crippen LogP contribution < -0.4 is 0 Å². The van der Waals surface area contributed by atoms with Crippen LogP contribution in [0.2, 0.25) is 5.02 Å². The summed E-state index contributed by atoms with van der Waals surface area (Å²) in [7, 11) is 0. The number of morpholine rings is 1. The van der Waals surface area contributed by atoms with Gasteiger partial charge in [-0.05, 0) is 50.6 Å². The van der Waals surface area contributed by atoms with Gasteiger partial charge in [0.1, 0.15) is 11.8 Å². The van der Waals surface area contributed by atoms with Gasteiger partial charge in [0.25, 0.3) is 5.91 Å². The predicted octanol–water partition coefficient (Wildman–Crippen LogP) is 4.11. The van der Waals surface area contributed by atoms with Crippen molar-refractivity contribution in [3.8, 4) is 0 Å². The van der Waals surface area contributed by atoms with Crippen molar-refractivity contribution in [2.45, 2.75) is 51.5 Å². The molecule has 0 bridgehead atoms. The molecule has 1 fully saturated rings. The summed E-state index contributed by atoms with van der Waals surface area (Å²) in [5.41, 5.74) is 1.81. The van der Waals surface area contributed by atoms with Crippen LogP contribution in [0.25, 0.3) is 0 Å². The maximum absolute atomic E-state index is 13.5. The number of rotatable bonds is 4. The van der Waals surface area contributed by atoms with Crippen LogP contribution >= 0.6 is 11.6 Å².